The molecule has 1 N–H and O–H groups in total. The number of likely N-dealkylation sites (tertiary alicyclic amines) is 1. The number of hydrogen-bond donors (Lipinski definition) is 1. The van der Waals surface area contributed by atoms with E-state index in [4.69, 9.17) is 19.4 Å². The van der Waals surface area contributed by atoms with E-state index < -0.39 is 5.60 Å². The minimum Gasteiger partial charge on any atom is -0.470 e. The molecule has 1 atom stereocenters. The molecule has 7 nitrogen and oxygen atoms in total. The molecule has 1 saturated heterocycles. The lowest BCUT2D eigenvalue weighted by atomic mass is 10.1. The van der Waals surface area contributed by atoms with Crippen LogP contribution < -0.4 is 10.1 Å². The first-order valence-electron chi connectivity index (χ1n) is 10.1. The molecule has 150 valence electrons. The van der Waals surface area contributed by atoms with Crippen LogP contribution in [-0.4, -0.2) is 51.8 Å². The predicted molar refractivity (Wildman–Crippen MR) is 108 cm³/mol. The zero-order valence-corrected chi connectivity index (χ0v) is 16.8. The van der Waals surface area contributed by atoms with Gasteiger partial charge in [0.15, 0.2) is 5.82 Å². The number of nitrogens with one attached hydrogen (secondary N) is 1. The molecule has 4 rings (SSSR count). The third-order valence-corrected chi connectivity index (χ3v) is 4.76. The fourth-order valence-electron chi connectivity index (χ4n) is 3.27. The molecule has 1 aromatic carbocycles. The molecule has 1 unspecified atom stereocenters. The van der Waals surface area contributed by atoms with E-state index in [1.807, 2.05) is 45.0 Å². The number of ether oxygens (including phenoxy) is 2. The number of aromatic nitrogens is 2. The summed E-state index contributed by atoms with van der Waals surface area (Å²) >= 11 is 0. The molecule has 2 heterocycles. The van der Waals surface area contributed by atoms with E-state index in [1.165, 1.54) is 0 Å². The second kappa shape index (κ2) is 7.45. The molecule has 1 aliphatic heterocycles. The van der Waals surface area contributed by atoms with Gasteiger partial charge in [0.2, 0.25) is 0 Å². The molecule has 1 aliphatic carbocycles. The molecule has 0 bridgehead atoms. The van der Waals surface area contributed by atoms with Gasteiger partial charge in [0, 0.05) is 12.6 Å². The summed E-state index contributed by atoms with van der Waals surface area (Å²) < 4.78 is 11.8. The Kier molecular flexibility index (Phi) is 5.00. The average Bonchev–Trinajstić information content (AvgIpc) is 3.45. The maximum atomic E-state index is 12.4. The average molecular weight is 384 g/mol. The van der Waals surface area contributed by atoms with Crippen LogP contribution in [-0.2, 0) is 4.74 Å². The summed E-state index contributed by atoms with van der Waals surface area (Å²) in [5.41, 5.74) is 1.14. The number of anilines is 1. The van der Waals surface area contributed by atoms with Crippen molar-refractivity contribution in [1.29, 1.82) is 0 Å². The summed E-state index contributed by atoms with van der Waals surface area (Å²) in [5.74, 6) is 1.21. The van der Waals surface area contributed by atoms with Crippen LogP contribution >= 0.6 is 0 Å². The van der Waals surface area contributed by atoms with Gasteiger partial charge in [0.05, 0.1) is 17.6 Å². The number of amides is 1. The molecular formula is C21H28N4O3. The number of carbonyl (C=O) groups is 1. The molecule has 2 aromatic rings. The van der Waals surface area contributed by atoms with Gasteiger partial charge < -0.3 is 19.7 Å². The van der Waals surface area contributed by atoms with E-state index in [2.05, 4.69) is 5.32 Å². The largest absolute Gasteiger partial charge is 0.470 e. The number of fused-ring (bicyclic) bond motifs is 1. The zero-order chi connectivity index (χ0) is 19.7. The third-order valence-electron chi connectivity index (χ3n) is 4.76. The normalized spacial score (nSPS) is 20.1. The number of carbonyl (C=O) groups excluding carboxylic acids is 1. The van der Waals surface area contributed by atoms with Crippen LogP contribution in [0.5, 0.6) is 5.88 Å². The Labute approximate surface area is 165 Å². The highest BCUT2D eigenvalue weighted by atomic mass is 16.6. The number of hydrogen-bond acceptors (Lipinski definition) is 6. The van der Waals surface area contributed by atoms with Crippen LogP contribution in [0.2, 0.25) is 0 Å². The minimum absolute atomic E-state index is 0.128. The van der Waals surface area contributed by atoms with Crippen molar-refractivity contribution in [2.45, 2.75) is 64.2 Å². The van der Waals surface area contributed by atoms with Crippen molar-refractivity contribution in [3.63, 3.8) is 0 Å². The quantitative estimate of drug-likeness (QED) is 0.859. The summed E-state index contributed by atoms with van der Waals surface area (Å²) in [6.45, 7) is 6.81. The Morgan fingerprint density at radius 1 is 1.14 bits per heavy atom. The highest BCUT2D eigenvalue weighted by molar-refractivity contribution is 5.77. The van der Waals surface area contributed by atoms with E-state index in [0.29, 0.717) is 30.8 Å². The Bertz CT molecular complexity index is 860. The molecule has 7 heteroatoms. The van der Waals surface area contributed by atoms with Crippen LogP contribution in [0.1, 0.15) is 46.5 Å². The number of rotatable bonds is 4. The number of nitrogens with zero attached hydrogens (tertiary/aromatic N) is 3. The minimum atomic E-state index is -0.504. The van der Waals surface area contributed by atoms with Gasteiger partial charge in [-0.25, -0.2) is 14.8 Å². The molecule has 1 aromatic heterocycles. The second-order valence-corrected chi connectivity index (χ2v) is 8.59. The van der Waals surface area contributed by atoms with Crippen LogP contribution in [0.4, 0.5) is 10.6 Å². The molecule has 0 spiro atoms. The van der Waals surface area contributed by atoms with Crippen LogP contribution in [0, 0.1) is 0 Å². The molecule has 1 amide bonds. The SMILES string of the molecule is CC(C)(C)OC(=O)N1CCCC(Oc2nc3ccccc3nc2NC2CC2)C1. The standard InChI is InChI=1S/C21H28N4O3/c1-21(2,3)28-20(26)25-12-6-7-15(13-25)27-19-18(22-14-10-11-14)23-16-8-4-5-9-17(16)24-19/h4-5,8-9,14-15H,6-7,10-13H2,1-3H3,(H,22,23). The third kappa shape index (κ3) is 4.64. The van der Waals surface area contributed by atoms with Gasteiger partial charge in [0.1, 0.15) is 11.7 Å². The Morgan fingerprint density at radius 2 is 1.86 bits per heavy atom. The summed E-state index contributed by atoms with van der Waals surface area (Å²) in [4.78, 5) is 23.6. The number of piperidine rings is 1. The topological polar surface area (TPSA) is 76.6 Å². The Hall–Kier alpha value is -2.57. The maximum Gasteiger partial charge on any atom is 0.410 e. The van der Waals surface area contributed by atoms with Crippen molar-refractivity contribution in [1.82, 2.24) is 14.9 Å². The molecule has 2 fully saturated rings. The van der Waals surface area contributed by atoms with Crippen molar-refractivity contribution in [2.75, 3.05) is 18.4 Å². The summed E-state index contributed by atoms with van der Waals surface area (Å²) in [6.07, 6.45) is 3.61. The van der Waals surface area contributed by atoms with Crippen molar-refractivity contribution < 1.29 is 14.3 Å². The highest BCUT2D eigenvalue weighted by Gasteiger charge is 2.30. The Morgan fingerprint density at radius 3 is 2.54 bits per heavy atom. The predicted octanol–water partition coefficient (Wildman–Crippen LogP) is 3.98. The second-order valence-electron chi connectivity index (χ2n) is 8.59. The van der Waals surface area contributed by atoms with Gasteiger partial charge in [-0.15, -0.1) is 0 Å². The lowest BCUT2D eigenvalue weighted by Crippen LogP contribution is -2.46. The van der Waals surface area contributed by atoms with Gasteiger partial charge in [0.25, 0.3) is 5.88 Å². The summed E-state index contributed by atoms with van der Waals surface area (Å²) in [7, 11) is 0. The fraction of sp³-hybridized carbons (Fsp3) is 0.571. The van der Waals surface area contributed by atoms with Crippen molar-refractivity contribution in [2.24, 2.45) is 0 Å². The van der Waals surface area contributed by atoms with Crippen LogP contribution in [0.3, 0.4) is 0 Å². The van der Waals surface area contributed by atoms with E-state index in [-0.39, 0.29) is 12.2 Å². The van der Waals surface area contributed by atoms with Crippen molar-refractivity contribution in [3.8, 4) is 5.88 Å². The Balaban J connectivity index is 1.51. The molecule has 28 heavy (non-hydrogen) atoms. The van der Waals surface area contributed by atoms with Gasteiger partial charge in [-0.2, -0.15) is 0 Å². The van der Waals surface area contributed by atoms with Gasteiger partial charge in [-0.05, 0) is 58.6 Å². The highest BCUT2D eigenvalue weighted by Crippen LogP contribution is 2.31. The number of para-hydroxylation sites is 2. The van der Waals surface area contributed by atoms with E-state index in [0.717, 1.165) is 36.7 Å². The van der Waals surface area contributed by atoms with Crippen LogP contribution in [0.25, 0.3) is 11.0 Å². The van der Waals surface area contributed by atoms with Gasteiger partial charge in [-0.1, -0.05) is 12.1 Å². The first-order valence-corrected chi connectivity index (χ1v) is 10.1. The zero-order valence-electron chi connectivity index (χ0n) is 16.8. The fourth-order valence-corrected chi connectivity index (χ4v) is 3.27. The van der Waals surface area contributed by atoms with Crippen molar-refractivity contribution in [3.05, 3.63) is 24.3 Å². The van der Waals surface area contributed by atoms with E-state index >= 15 is 0 Å². The van der Waals surface area contributed by atoms with Crippen LogP contribution in [0.15, 0.2) is 24.3 Å². The first-order chi connectivity index (χ1) is 13.4. The summed E-state index contributed by atoms with van der Waals surface area (Å²) in [5, 5.41) is 3.43. The lowest BCUT2D eigenvalue weighted by molar-refractivity contribution is 0.00733. The molecule has 1 saturated carbocycles. The number of benzene rings is 1. The van der Waals surface area contributed by atoms with Crippen molar-refractivity contribution >= 4 is 22.9 Å². The lowest BCUT2D eigenvalue weighted by Gasteiger charge is -2.34. The smallest absolute Gasteiger partial charge is 0.410 e. The van der Waals surface area contributed by atoms with Gasteiger partial charge in [-0.3, -0.25) is 0 Å². The first kappa shape index (κ1) is 18.8. The van der Waals surface area contributed by atoms with E-state index in [9.17, 15) is 4.79 Å². The maximum absolute atomic E-state index is 12.4. The van der Waals surface area contributed by atoms with E-state index in [1.54, 1.807) is 4.90 Å². The van der Waals surface area contributed by atoms with Gasteiger partial charge >= 0.3 is 6.09 Å². The summed E-state index contributed by atoms with van der Waals surface area (Å²) in [6, 6.07) is 8.24. The molecule has 0 radical (unpaired) electrons. The monoisotopic (exact) mass is 384 g/mol. The molecule has 2 aliphatic rings. The molecular weight excluding hydrogens is 356 g/mol.